The molecule has 3 heteroatoms. The summed E-state index contributed by atoms with van der Waals surface area (Å²) in [5.41, 5.74) is 0. The van der Waals surface area contributed by atoms with Gasteiger partial charge in [-0.3, -0.25) is 0 Å². The first kappa shape index (κ1) is 13.4. The number of likely N-dealkylation sites (N-methyl/N-ethyl adjacent to an activating group) is 1. The highest BCUT2D eigenvalue weighted by atomic mass is 16.5. The lowest BCUT2D eigenvalue weighted by molar-refractivity contribution is 0.0558. The molecule has 1 unspecified atom stereocenters. The van der Waals surface area contributed by atoms with Crippen molar-refractivity contribution in [2.75, 3.05) is 20.2 Å². The number of hydrogen-bond donors (Lipinski definition) is 0. The van der Waals surface area contributed by atoms with Crippen molar-refractivity contribution in [3.05, 3.63) is 0 Å². The van der Waals surface area contributed by atoms with Crippen LogP contribution in [0.5, 0.6) is 0 Å². The molecule has 0 aliphatic heterocycles. The van der Waals surface area contributed by atoms with Crippen LogP contribution in [0, 0.1) is 11.3 Å². The molecule has 0 fully saturated rings. The third-order valence-electron chi connectivity index (χ3n) is 2.32. The second kappa shape index (κ2) is 7.78. The molecular weight excluding hydrogens is 176 g/mol. The Hall–Kier alpha value is -0.590. The molecule has 0 aliphatic carbocycles. The average molecular weight is 198 g/mol. The maximum Gasteiger partial charge on any atom is 0.0638 e. The molecule has 0 aliphatic rings. The van der Waals surface area contributed by atoms with Crippen LogP contribution in [0.15, 0.2) is 0 Å². The van der Waals surface area contributed by atoms with Crippen molar-refractivity contribution in [1.82, 2.24) is 4.90 Å². The summed E-state index contributed by atoms with van der Waals surface area (Å²) in [4.78, 5) is 2.20. The molecule has 0 bridgehead atoms. The largest absolute Gasteiger partial charge is 0.377 e. The first-order chi connectivity index (χ1) is 6.61. The van der Waals surface area contributed by atoms with Crippen molar-refractivity contribution < 1.29 is 4.74 Å². The highest BCUT2D eigenvalue weighted by Gasteiger charge is 2.11. The summed E-state index contributed by atoms with van der Waals surface area (Å²) in [7, 11) is 2.05. The molecule has 0 spiro atoms. The topological polar surface area (TPSA) is 36.3 Å². The van der Waals surface area contributed by atoms with Gasteiger partial charge in [0.15, 0.2) is 0 Å². The minimum Gasteiger partial charge on any atom is -0.377 e. The Morgan fingerprint density at radius 2 is 2.07 bits per heavy atom. The zero-order valence-corrected chi connectivity index (χ0v) is 9.79. The smallest absolute Gasteiger partial charge is 0.0638 e. The third-order valence-corrected chi connectivity index (χ3v) is 2.32. The summed E-state index contributed by atoms with van der Waals surface area (Å²) < 4.78 is 5.46. The van der Waals surface area contributed by atoms with Crippen LogP contribution >= 0.6 is 0 Å². The molecule has 0 saturated carbocycles. The van der Waals surface area contributed by atoms with Crippen LogP contribution in [0.3, 0.4) is 0 Å². The van der Waals surface area contributed by atoms with Gasteiger partial charge in [-0.1, -0.05) is 6.92 Å². The van der Waals surface area contributed by atoms with Crippen LogP contribution < -0.4 is 0 Å². The summed E-state index contributed by atoms with van der Waals surface area (Å²) in [6.07, 6.45) is 1.92. The van der Waals surface area contributed by atoms with Gasteiger partial charge in [-0.05, 0) is 27.3 Å². The van der Waals surface area contributed by atoms with Gasteiger partial charge >= 0.3 is 0 Å². The number of rotatable bonds is 7. The van der Waals surface area contributed by atoms with E-state index in [-0.39, 0.29) is 0 Å². The minimum atomic E-state index is 0.291. The number of hydrogen-bond acceptors (Lipinski definition) is 3. The van der Waals surface area contributed by atoms with Gasteiger partial charge in [0.2, 0.25) is 0 Å². The van der Waals surface area contributed by atoms with Crippen molar-refractivity contribution >= 4 is 0 Å². The molecule has 0 heterocycles. The third kappa shape index (κ3) is 5.95. The molecule has 0 aromatic heterocycles. The number of ether oxygens (including phenoxy) is 1. The van der Waals surface area contributed by atoms with E-state index < -0.39 is 0 Å². The lowest BCUT2D eigenvalue weighted by Crippen LogP contribution is -2.34. The molecule has 0 N–H and O–H groups in total. The molecule has 0 radical (unpaired) electrons. The predicted octanol–water partition coefficient (Wildman–Crippen LogP) is 2.04. The molecule has 0 rings (SSSR count). The van der Waals surface area contributed by atoms with Crippen LogP contribution in [0.25, 0.3) is 0 Å². The van der Waals surface area contributed by atoms with Crippen molar-refractivity contribution in [3.8, 4) is 6.07 Å². The van der Waals surface area contributed by atoms with Gasteiger partial charge in [0, 0.05) is 12.6 Å². The molecule has 0 amide bonds. The molecule has 3 nitrogen and oxygen atoms in total. The van der Waals surface area contributed by atoms with Gasteiger partial charge in [-0.2, -0.15) is 5.26 Å². The van der Waals surface area contributed by atoms with Crippen molar-refractivity contribution in [2.45, 2.75) is 45.8 Å². The fourth-order valence-electron chi connectivity index (χ4n) is 1.33. The lowest BCUT2D eigenvalue weighted by atomic mass is 10.1. The minimum absolute atomic E-state index is 0.291. The van der Waals surface area contributed by atoms with Gasteiger partial charge in [-0.15, -0.1) is 0 Å². The van der Waals surface area contributed by atoms with Gasteiger partial charge in [0.1, 0.15) is 0 Å². The fourth-order valence-corrected chi connectivity index (χ4v) is 1.33. The second-order valence-corrected chi connectivity index (χ2v) is 3.82. The molecule has 1 atom stereocenters. The van der Waals surface area contributed by atoms with Crippen LogP contribution in [0.1, 0.15) is 33.6 Å². The van der Waals surface area contributed by atoms with Crippen LogP contribution in [0.4, 0.5) is 0 Å². The first-order valence-corrected chi connectivity index (χ1v) is 5.30. The number of nitriles is 1. The van der Waals surface area contributed by atoms with E-state index in [0.29, 0.717) is 18.6 Å². The summed E-state index contributed by atoms with van der Waals surface area (Å²) >= 11 is 0. The normalized spacial score (nSPS) is 13.2. The maximum atomic E-state index is 8.62. The Bertz CT molecular complexity index is 175. The molecule has 82 valence electrons. The van der Waals surface area contributed by atoms with E-state index in [4.69, 9.17) is 10.00 Å². The Balaban J connectivity index is 3.70. The summed E-state index contributed by atoms with van der Waals surface area (Å²) in [5.74, 6) is 0. The highest BCUT2D eigenvalue weighted by Crippen LogP contribution is 2.05. The highest BCUT2D eigenvalue weighted by molar-refractivity contribution is 4.80. The summed E-state index contributed by atoms with van der Waals surface area (Å²) in [5, 5.41) is 8.62. The van der Waals surface area contributed by atoms with Gasteiger partial charge in [-0.25, -0.2) is 0 Å². The van der Waals surface area contributed by atoms with Crippen molar-refractivity contribution in [2.24, 2.45) is 0 Å². The van der Waals surface area contributed by atoms with Gasteiger partial charge in [0.05, 0.1) is 25.2 Å². The van der Waals surface area contributed by atoms with Crippen LogP contribution in [-0.4, -0.2) is 37.2 Å². The number of nitrogens with zero attached hydrogens (tertiary/aromatic N) is 2. The SMILES string of the molecule is CCC(CC#N)N(C)CCOC(C)C. The molecular formula is C11H22N2O. The van der Waals surface area contributed by atoms with E-state index in [1.165, 1.54) is 0 Å². The zero-order valence-electron chi connectivity index (χ0n) is 9.79. The Morgan fingerprint density at radius 1 is 1.43 bits per heavy atom. The molecule has 14 heavy (non-hydrogen) atoms. The van der Waals surface area contributed by atoms with E-state index in [1.54, 1.807) is 0 Å². The average Bonchev–Trinajstić information content (AvgIpc) is 2.13. The van der Waals surface area contributed by atoms with Crippen LogP contribution in [-0.2, 0) is 4.74 Å². The molecule has 0 aromatic carbocycles. The summed E-state index contributed by atoms with van der Waals surface area (Å²) in [6.45, 7) is 7.83. The predicted molar refractivity (Wildman–Crippen MR) is 58.0 cm³/mol. The summed E-state index contributed by atoms with van der Waals surface area (Å²) in [6, 6.07) is 2.59. The Morgan fingerprint density at radius 3 is 2.50 bits per heavy atom. The quantitative estimate of drug-likeness (QED) is 0.628. The van der Waals surface area contributed by atoms with E-state index in [9.17, 15) is 0 Å². The Kier molecular flexibility index (Phi) is 7.45. The van der Waals surface area contributed by atoms with E-state index in [0.717, 1.165) is 19.6 Å². The van der Waals surface area contributed by atoms with E-state index in [1.807, 2.05) is 13.8 Å². The van der Waals surface area contributed by atoms with Gasteiger partial charge < -0.3 is 9.64 Å². The lowest BCUT2D eigenvalue weighted by Gasteiger charge is -2.25. The van der Waals surface area contributed by atoms with Gasteiger partial charge in [0.25, 0.3) is 0 Å². The zero-order chi connectivity index (χ0) is 11.0. The van der Waals surface area contributed by atoms with E-state index in [2.05, 4.69) is 24.9 Å². The fraction of sp³-hybridized carbons (Fsp3) is 0.909. The van der Waals surface area contributed by atoms with Crippen molar-refractivity contribution in [1.29, 1.82) is 5.26 Å². The van der Waals surface area contributed by atoms with Crippen molar-refractivity contribution in [3.63, 3.8) is 0 Å². The first-order valence-electron chi connectivity index (χ1n) is 5.30. The Labute approximate surface area is 87.7 Å². The monoisotopic (exact) mass is 198 g/mol. The van der Waals surface area contributed by atoms with E-state index >= 15 is 0 Å². The van der Waals surface area contributed by atoms with Crippen LogP contribution in [0.2, 0.25) is 0 Å². The molecule has 0 aromatic rings. The second-order valence-electron chi connectivity index (χ2n) is 3.82. The maximum absolute atomic E-state index is 8.62. The molecule has 0 saturated heterocycles. The standard InChI is InChI=1S/C11H22N2O/c1-5-11(6-7-12)13(4)8-9-14-10(2)3/h10-11H,5-6,8-9H2,1-4H3.